The fourth-order valence-electron chi connectivity index (χ4n) is 4.36. The molecule has 0 bridgehead atoms. The lowest BCUT2D eigenvalue weighted by Crippen LogP contribution is -2.40. The topological polar surface area (TPSA) is 114 Å². The van der Waals surface area contributed by atoms with Gasteiger partial charge in [0.05, 0.1) is 5.69 Å². The highest BCUT2D eigenvalue weighted by molar-refractivity contribution is 8.00. The van der Waals surface area contributed by atoms with E-state index < -0.39 is 0 Å². The summed E-state index contributed by atoms with van der Waals surface area (Å²) in [4.78, 5) is 10.6. The Balaban J connectivity index is 1.86. The summed E-state index contributed by atoms with van der Waals surface area (Å²) in [5.74, 6) is 6.72. The van der Waals surface area contributed by atoms with Crippen LogP contribution in [0.4, 0.5) is 5.95 Å². The Hall–Kier alpha value is -3.27. The lowest BCUT2D eigenvalue weighted by atomic mass is 9.88. The van der Waals surface area contributed by atoms with Crippen LogP contribution in [0.3, 0.4) is 0 Å². The number of benzene rings is 2. The van der Waals surface area contributed by atoms with Crippen molar-refractivity contribution in [3.63, 3.8) is 0 Å². The van der Waals surface area contributed by atoms with Gasteiger partial charge in [0, 0.05) is 48.1 Å². The van der Waals surface area contributed by atoms with Gasteiger partial charge in [-0.05, 0) is 73.4 Å². The van der Waals surface area contributed by atoms with E-state index in [1.807, 2.05) is 12.1 Å². The van der Waals surface area contributed by atoms with E-state index in [0.29, 0.717) is 30.7 Å². The standard InChI is InChI=1S/C30H43N7OS/c1-20-10-8-13-25(14-20)39-36-29-34-26(28-21(2)11-9-12-22(28)3)15-27(35-29)38-19-24(16-30(4,5)6)33-17-23(31)18-37(7)32/h8-15,18,24,33H,16-17,19,31-32H2,1-7H3,(H,34,35,36)/b23-18-. The van der Waals surface area contributed by atoms with Crippen LogP contribution in [0.15, 0.2) is 65.3 Å². The minimum Gasteiger partial charge on any atom is -0.476 e. The van der Waals surface area contributed by atoms with Gasteiger partial charge in [0.15, 0.2) is 0 Å². The smallest absolute Gasteiger partial charge is 0.237 e. The van der Waals surface area contributed by atoms with E-state index in [1.165, 1.54) is 22.5 Å². The number of aryl methyl sites for hydroxylation is 3. The van der Waals surface area contributed by atoms with Gasteiger partial charge >= 0.3 is 0 Å². The van der Waals surface area contributed by atoms with Crippen LogP contribution in [-0.2, 0) is 0 Å². The molecule has 2 aromatic carbocycles. The van der Waals surface area contributed by atoms with E-state index in [0.717, 1.165) is 33.7 Å². The zero-order valence-corrected chi connectivity index (χ0v) is 25.0. The summed E-state index contributed by atoms with van der Waals surface area (Å²) in [6.07, 6.45) is 2.59. The van der Waals surface area contributed by atoms with Gasteiger partial charge in [-0.2, -0.15) is 4.98 Å². The molecule has 0 aliphatic heterocycles. The number of hydrogen-bond donors (Lipinski definition) is 4. The monoisotopic (exact) mass is 549 g/mol. The molecule has 3 aromatic rings. The lowest BCUT2D eigenvalue weighted by Gasteiger charge is -2.27. The molecule has 0 spiro atoms. The summed E-state index contributed by atoms with van der Waals surface area (Å²) in [5.41, 5.74) is 12.3. The lowest BCUT2D eigenvalue weighted by molar-refractivity contribution is 0.212. The molecule has 0 amide bonds. The third-order valence-electron chi connectivity index (χ3n) is 5.95. The maximum atomic E-state index is 6.32. The van der Waals surface area contributed by atoms with E-state index in [1.54, 1.807) is 13.2 Å². The van der Waals surface area contributed by atoms with Crippen LogP contribution in [0.5, 0.6) is 5.88 Å². The van der Waals surface area contributed by atoms with E-state index in [2.05, 4.69) is 88.0 Å². The molecule has 8 nitrogen and oxygen atoms in total. The number of ether oxygens (including phenoxy) is 1. The predicted molar refractivity (Wildman–Crippen MR) is 163 cm³/mol. The van der Waals surface area contributed by atoms with Crippen molar-refractivity contribution in [2.45, 2.75) is 58.9 Å². The number of hydrogen-bond acceptors (Lipinski definition) is 9. The third-order valence-corrected chi connectivity index (χ3v) is 6.72. The van der Waals surface area contributed by atoms with Gasteiger partial charge in [-0.3, -0.25) is 4.72 Å². The highest BCUT2D eigenvalue weighted by Gasteiger charge is 2.20. The number of rotatable bonds is 12. The molecular weight excluding hydrogens is 506 g/mol. The molecule has 1 unspecified atom stereocenters. The van der Waals surface area contributed by atoms with E-state index >= 15 is 0 Å². The average molecular weight is 550 g/mol. The number of hydrazine groups is 1. The summed E-state index contributed by atoms with van der Waals surface area (Å²) in [6, 6.07) is 16.5. The van der Waals surface area contributed by atoms with Crippen molar-refractivity contribution in [1.29, 1.82) is 0 Å². The Morgan fingerprint density at radius 2 is 1.77 bits per heavy atom. The molecular formula is C30H43N7OS. The van der Waals surface area contributed by atoms with Crippen LogP contribution in [0, 0.1) is 26.2 Å². The Kier molecular flexibility index (Phi) is 10.6. The molecule has 0 saturated carbocycles. The molecule has 0 radical (unpaired) electrons. The number of nitrogens with zero attached hydrogens (tertiary/aromatic N) is 3. The Morgan fingerprint density at radius 1 is 1.08 bits per heavy atom. The van der Waals surface area contributed by atoms with Crippen LogP contribution in [0.25, 0.3) is 11.3 Å². The summed E-state index contributed by atoms with van der Waals surface area (Å²) in [6.45, 7) is 13.8. The SMILES string of the molecule is Cc1cccc(SNc2nc(OCC(CC(C)(C)C)NC/C(N)=C/N(C)N)cc(-c3c(C)cccc3C)n2)c1. The van der Waals surface area contributed by atoms with Gasteiger partial charge in [-0.25, -0.2) is 10.8 Å². The second-order valence-corrected chi connectivity index (χ2v) is 12.1. The largest absolute Gasteiger partial charge is 0.476 e. The van der Waals surface area contributed by atoms with Crippen molar-refractivity contribution in [2.24, 2.45) is 17.0 Å². The molecule has 9 heteroatoms. The van der Waals surface area contributed by atoms with Gasteiger partial charge in [-0.1, -0.05) is 51.1 Å². The number of aromatic nitrogens is 2. The van der Waals surface area contributed by atoms with E-state index in [9.17, 15) is 0 Å². The summed E-state index contributed by atoms with van der Waals surface area (Å²) in [5, 5.41) is 4.97. The van der Waals surface area contributed by atoms with Crippen molar-refractivity contribution in [1.82, 2.24) is 20.3 Å². The Morgan fingerprint density at radius 3 is 2.41 bits per heavy atom. The first-order valence-electron chi connectivity index (χ1n) is 13.1. The van der Waals surface area contributed by atoms with Gasteiger partial charge in [-0.15, -0.1) is 0 Å². The first-order valence-corrected chi connectivity index (χ1v) is 14.0. The minimum atomic E-state index is 0.0525. The molecule has 3 rings (SSSR count). The zero-order valence-electron chi connectivity index (χ0n) is 24.2. The predicted octanol–water partition coefficient (Wildman–Crippen LogP) is 5.57. The third kappa shape index (κ3) is 10.1. The maximum Gasteiger partial charge on any atom is 0.237 e. The van der Waals surface area contributed by atoms with Crippen LogP contribution in [-0.4, -0.2) is 41.2 Å². The average Bonchev–Trinajstić information content (AvgIpc) is 2.83. The van der Waals surface area contributed by atoms with Crippen LogP contribution >= 0.6 is 11.9 Å². The van der Waals surface area contributed by atoms with Crippen molar-refractivity contribution >= 4 is 17.9 Å². The summed E-state index contributed by atoms with van der Waals surface area (Å²) >= 11 is 1.48. The Labute approximate surface area is 237 Å². The highest BCUT2D eigenvalue weighted by Crippen LogP contribution is 2.30. The maximum absolute atomic E-state index is 6.32. The van der Waals surface area contributed by atoms with Gasteiger partial charge in [0.25, 0.3) is 0 Å². The molecule has 39 heavy (non-hydrogen) atoms. The zero-order chi connectivity index (χ0) is 28.6. The molecule has 1 atom stereocenters. The molecule has 210 valence electrons. The van der Waals surface area contributed by atoms with Gasteiger partial charge < -0.3 is 20.8 Å². The van der Waals surface area contributed by atoms with Gasteiger partial charge in [0.2, 0.25) is 11.8 Å². The first kappa shape index (κ1) is 30.3. The van der Waals surface area contributed by atoms with E-state index in [-0.39, 0.29) is 11.5 Å². The van der Waals surface area contributed by atoms with Crippen LogP contribution < -0.4 is 26.4 Å². The molecule has 1 aromatic heterocycles. The van der Waals surface area contributed by atoms with Crippen molar-refractivity contribution in [3.8, 4) is 17.1 Å². The molecule has 6 N–H and O–H groups in total. The quantitative estimate of drug-likeness (QED) is 0.131. The van der Waals surface area contributed by atoms with Crippen molar-refractivity contribution in [2.75, 3.05) is 24.9 Å². The molecule has 0 saturated heterocycles. The minimum absolute atomic E-state index is 0.0525. The molecule has 1 heterocycles. The first-order chi connectivity index (χ1) is 18.4. The second-order valence-electron chi connectivity index (χ2n) is 11.2. The fraction of sp³-hybridized carbons (Fsp3) is 0.400. The second kappa shape index (κ2) is 13.7. The molecule has 0 aliphatic carbocycles. The number of anilines is 1. The fourth-order valence-corrected chi connectivity index (χ4v) is 5.05. The Bertz CT molecular complexity index is 1250. The van der Waals surface area contributed by atoms with E-state index in [4.69, 9.17) is 26.3 Å². The number of nitrogens with two attached hydrogens (primary N) is 2. The van der Waals surface area contributed by atoms with Crippen LogP contribution in [0.2, 0.25) is 0 Å². The summed E-state index contributed by atoms with van der Waals surface area (Å²) in [7, 11) is 1.74. The number of nitrogens with one attached hydrogen (secondary N) is 2. The molecule has 0 fully saturated rings. The van der Waals surface area contributed by atoms with Crippen molar-refractivity contribution < 1.29 is 4.74 Å². The summed E-state index contributed by atoms with van der Waals surface area (Å²) < 4.78 is 9.64. The molecule has 0 aliphatic rings. The highest BCUT2D eigenvalue weighted by atomic mass is 32.2. The van der Waals surface area contributed by atoms with Gasteiger partial charge in [0.1, 0.15) is 6.61 Å². The normalized spacial score (nSPS) is 12.8. The van der Waals surface area contributed by atoms with Crippen LogP contribution in [0.1, 0.15) is 43.9 Å². The van der Waals surface area contributed by atoms with Crippen molar-refractivity contribution in [3.05, 3.63) is 77.1 Å².